The zero-order chi connectivity index (χ0) is 40.3. The molecule has 2 heterocycles. The Morgan fingerprint density at radius 1 is 0.246 bits per heavy atom. The molecular formula is C58H37N3. The molecular weight excluding hydrogens is 739 g/mol. The highest BCUT2D eigenvalue weighted by molar-refractivity contribution is 6.25. The summed E-state index contributed by atoms with van der Waals surface area (Å²) in [4.78, 5) is 10.1. The van der Waals surface area contributed by atoms with Crippen LogP contribution in [-0.4, -0.2) is 14.5 Å². The fourth-order valence-corrected chi connectivity index (χ4v) is 9.26. The third-order valence-electron chi connectivity index (χ3n) is 12.2. The molecule has 0 radical (unpaired) electrons. The first-order valence-electron chi connectivity index (χ1n) is 20.8. The molecule has 3 heteroatoms. The number of hydrogen-bond acceptors (Lipinski definition) is 2. The molecule has 12 rings (SSSR count). The van der Waals surface area contributed by atoms with Gasteiger partial charge in [0, 0.05) is 33.2 Å². The molecule has 0 aliphatic heterocycles. The molecule has 0 N–H and O–H groups in total. The molecule has 0 fully saturated rings. The van der Waals surface area contributed by atoms with Crippen LogP contribution in [0.5, 0.6) is 0 Å². The van der Waals surface area contributed by atoms with Crippen LogP contribution in [0.2, 0.25) is 0 Å². The highest BCUT2D eigenvalue weighted by Crippen LogP contribution is 2.40. The van der Waals surface area contributed by atoms with Crippen LogP contribution in [0.4, 0.5) is 0 Å². The summed E-state index contributed by atoms with van der Waals surface area (Å²) in [7, 11) is 0. The predicted octanol–water partition coefficient (Wildman–Crippen LogP) is 15.4. The number of benzene rings is 10. The van der Waals surface area contributed by atoms with Gasteiger partial charge < -0.3 is 4.57 Å². The molecule has 0 saturated carbocycles. The van der Waals surface area contributed by atoms with E-state index in [1.165, 1.54) is 59.7 Å². The second kappa shape index (κ2) is 14.3. The van der Waals surface area contributed by atoms with Crippen LogP contribution >= 0.6 is 0 Å². The standard InChI is InChI=1S/C58H37N3/c1-3-15-39(16-4-1)54-37-55(60-58(59-54)41-17-5-2-6-18-41)40-29-27-38(28-30-40)43-33-44(35-45(34-43)61-56-25-13-11-23-51(56)52-24-12-14-26-57(52)61)42-31-32-50-48-21-8-7-19-46(48)47-20-9-10-22-49(47)53(50)36-42/h1-37H. The summed E-state index contributed by atoms with van der Waals surface area (Å²) >= 11 is 0. The van der Waals surface area contributed by atoms with E-state index in [9.17, 15) is 0 Å². The lowest BCUT2D eigenvalue weighted by Gasteiger charge is -2.16. The van der Waals surface area contributed by atoms with Gasteiger partial charge in [0.1, 0.15) is 0 Å². The SMILES string of the molecule is c1ccc(-c2cc(-c3ccc(-c4cc(-c5ccc6c7ccccc7c7ccccc7c6c5)cc(-n5c6ccccc6c6ccccc65)c4)cc3)nc(-c3ccccc3)n2)cc1. The Morgan fingerprint density at radius 2 is 0.656 bits per heavy atom. The summed E-state index contributed by atoms with van der Waals surface area (Å²) in [6, 6.07) is 80.7. The normalized spacial score (nSPS) is 11.6. The average molecular weight is 776 g/mol. The summed E-state index contributed by atoms with van der Waals surface area (Å²) in [6.07, 6.45) is 0. The molecule has 0 saturated heterocycles. The molecule has 0 unspecified atom stereocenters. The van der Waals surface area contributed by atoms with Crippen molar-refractivity contribution in [2.45, 2.75) is 0 Å². The highest BCUT2D eigenvalue weighted by Gasteiger charge is 2.17. The van der Waals surface area contributed by atoms with Gasteiger partial charge in [-0.25, -0.2) is 9.97 Å². The lowest BCUT2D eigenvalue weighted by Crippen LogP contribution is -1.97. The number of hydrogen-bond donors (Lipinski definition) is 0. The summed E-state index contributed by atoms with van der Waals surface area (Å²) in [5, 5.41) is 10.1. The minimum atomic E-state index is 0.709. The average Bonchev–Trinajstić information content (AvgIpc) is 3.69. The number of para-hydroxylation sites is 2. The predicted molar refractivity (Wildman–Crippen MR) is 256 cm³/mol. The van der Waals surface area contributed by atoms with Crippen LogP contribution in [-0.2, 0) is 0 Å². The van der Waals surface area contributed by atoms with Crippen molar-refractivity contribution in [2.75, 3.05) is 0 Å². The van der Waals surface area contributed by atoms with E-state index in [1.54, 1.807) is 0 Å². The van der Waals surface area contributed by atoms with Gasteiger partial charge in [0.2, 0.25) is 0 Å². The van der Waals surface area contributed by atoms with Crippen molar-refractivity contribution < 1.29 is 0 Å². The molecule has 284 valence electrons. The van der Waals surface area contributed by atoms with Crippen molar-refractivity contribution in [3.63, 3.8) is 0 Å². The van der Waals surface area contributed by atoms with Gasteiger partial charge in [-0.15, -0.1) is 0 Å². The molecule has 12 aromatic rings. The van der Waals surface area contributed by atoms with Gasteiger partial charge in [-0.1, -0.05) is 182 Å². The summed E-state index contributed by atoms with van der Waals surface area (Å²) in [6.45, 7) is 0. The molecule has 3 nitrogen and oxygen atoms in total. The van der Waals surface area contributed by atoms with Crippen LogP contribution in [0, 0.1) is 0 Å². The van der Waals surface area contributed by atoms with Crippen molar-refractivity contribution in [2.24, 2.45) is 0 Å². The van der Waals surface area contributed by atoms with E-state index in [4.69, 9.17) is 9.97 Å². The Morgan fingerprint density at radius 3 is 1.23 bits per heavy atom. The second-order valence-electron chi connectivity index (χ2n) is 15.8. The Labute approximate surface area is 353 Å². The van der Waals surface area contributed by atoms with Crippen molar-refractivity contribution in [3.05, 3.63) is 224 Å². The van der Waals surface area contributed by atoms with Gasteiger partial charge in [0.15, 0.2) is 5.82 Å². The first-order valence-corrected chi connectivity index (χ1v) is 20.8. The Balaban J connectivity index is 1.04. The van der Waals surface area contributed by atoms with E-state index in [0.717, 1.165) is 50.5 Å². The van der Waals surface area contributed by atoms with Crippen LogP contribution in [0.1, 0.15) is 0 Å². The minimum Gasteiger partial charge on any atom is -0.309 e. The van der Waals surface area contributed by atoms with Gasteiger partial charge in [-0.2, -0.15) is 0 Å². The van der Waals surface area contributed by atoms with Crippen molar-refractivity contribution >= 4 is 54.1 Å². The highest BCUT2D eigenvalue weighted by atomic mass is 15.0. The van der Waals surface area contributed by atoms with Crippen LogP contribution in [0.3, 0.4) is 0 Å². The summed E-state index contributed by atoms with van der Waals surface area (Å²) < 4.78 is 2.42. The first kappa shape index (κ1) is 34.9. The first-order chi connectivity index (χ1) is 30.2. The quantitative estimate of drug-likeness (QED) is 0.158. The Hall–Kier alpha value is -8.14. The van der Waals surface area contributed by atoms with Crippen molar-refractivity contribution in [1.29, 1.82) is 0 Å². The van der Waals surface area contributed by atoms with Gasteiger partial charge in [0.25, 0.3) is 0 Å². The van der Waals surface area contributed by atoms with Crippen LogP contribution < -0.4 is 0 Å². The summed E-state index contributed by atoms with van der Waals surface area (Å²) in [5.41, 5.74) is 13.0. The number of rotatable bonds is 6. The van der Waals surface area contributed by atoms with Gasteiger partial charge in [0.05, 0.1) is 22.4 Å². The molecule has 0 aliphatic rings. The number of aromatic nitrogens is 3. The topological polar surface area (TPSA) is 30.7 Å². The van der Waals surface area contributed by atoms with E-state index in [2.05, 4.69) is 205 Å². The van der Waals surface area contributed by atoms with Gasteiger partial charge in [-0.3, -0.25) is 0 Å². The maximum absolute atomic E-state index is 5.11. The zero-order valence-electron chi connectivity index (χ0n) is 33.2. The zero-order valence-corrected chi connectivity index (χ0v) is 33.2. The summed E-state index contributed by atoms with van der Waals surface area (Å²) in [5.74, 6) is 0.709. The van der Waals surface area contributed by atoms with Crippen LogP contribution in [0.25, 0.3) is 116 Å². The molecule has 0 bridgehead atoms. The maximum Gasteiger partial charge on any atom is 0.160 e. The van der Waals surface area contributed by atoms with Gasteiger partial charge >= 0.3 is 0 Å². The molecule has 2 aromatic heterocycles. The fourth-order valence-electron chi connectivity index (χ4n) is 9.26. The third-order valence-corrected chi connectivity index (χ3v) is 12.2. The lowest BCUT2D eigenvalue weighted by atomic mass is 9.91. The van der Waals surface area contributed by atoms with Crippen molar-refractivity contribution in [3.8, 4) is 61.8 Å². The fraction of sp³-hybridized carbons (Fsp3) is 0. The van der Waals surface area contributed by atoms with E-state index in [0.29, 0.717) is 5.82 Å². The van der Waals surface area contributed by atoms with Gasteiger partial charge in [-0.05, 0) is 97.0 Å². The molecule has 10 aromatic carbocycles. The molecule has 0 spiro atoms. The number of nitrogens with zero attached hydrogens (tertiary/aromatic N) is 3. The minimum absolute atomic E-state index is 0.709. The largest absolute Gasteiger partial charge is 0.309 e. The number of fused-ring (bicyclic) bond motifs is 9. The molecule has 61 heavy (non-hydrogen) atoms. The molecule has 0 atom stereocenters. The van der Waals surface area contributed by atoms with E-state index in [-0.39, 0.29) is 0 Å². The third kappa shape index (κ3) is 5.98. The van der Waals surface area contributed by atoms with E-state index >= 15 is 0 Å². The smallest absolute Gasteiger partial charge is 0.160 e. The van der Waals surface area contributed by atoms with Crippen molar-refractivity contribution in [1.82, 2.24) is 14.5 Å². The molecule has 0 aliphatic carbocycles. The Bertz CT molecular complexity index is 3480. The Kier molecular flexibility index (Phi) is 8.17. The second-order valence-corrected chi connectivity index (χ2v) is 15.8. The van der Waals surface area contributed by atoms with Crippen LogP contribution in [0.15, 0.2) is 224 Å². The monoisotopic (exact) mass is 775 g/mol. The van der Waals surface area contributed by atoms with E-state index < -0.39 is 0 Å². The lowest BCUT2D eigenvalue weighted by molar-refractivity contribution is 1.18. The molecule has 0 amide bonds. The maximum atomic E-state index is 5.11. The van der Waals surface area contributed by atoms with E-state index in [1.807, 2.05) is 24.3 Å².